The van der Waals surface area contributed by atoms with E-state index in [9.17, 15) is 19.5 Å². The van der Waals surface area contributed by atoms with Gasteiger partial charge in [-0.25, -0.2) is 0 Å². The Morgan fingerprint density at radius 2 is 1.77 bits per heavy atom. The molecule has 1 spiro atoms. The quantitative estimate of drug-likeness (QED) is 0.570. The van der Waals surface area contributed by atoms with Crippen LogP contribution in [0.3, 0.4) is 0 Å². The van der Waals surface area contributed by atoms with Gasteiger partial charge < -0.3 is 19.8 Å². The van der Waals surface area contributed by atoms with E-state index in [1.165, 1.54) is 0 Å². The van der Waals surface area contributed by atoms with Crippen molar-refractivity contribution in [2.75, 3.05) is 24.6 Å². The fraction of sp³-hybridized carbons (Fsp3) is 0.406. The minimum absolute atomic E-state index is 0.0599. The molecule has 0 bridgehead atoms. The van der Waals surface area contributed by atoms with Gasteiger partial charge in [-0.05, 0) is 43.5 Å². The van der Waals surface area contributed by atoms with Gasteiger partial charge in [0.15, 0.2) is 0 Å². The predicted octanol–water partition coefficient (Wildman–Crippen LogP) is 3.48. The molecule has 3 amide bonds. The Morgan fingerprint density at radius 3 is 2.52 bits per heavy atom. The molecule has 1 unspecified atom stereocenters. The molecule has 6 rings (SSSR count). The lowest BCUT2D eigenvalue weighted by atomic mass is 9.78. The minimum atomic E-state index is -0.908. The molecule has 6 atom stereocenters. The van der Waals surface area contributed by atoms with E-state index in [1.54, 1.807) is 28.5 Å². The van der Waals surface area contributed by atoms with E-state index in [2.05, 4.69) is 6.08 Å². The fourth-order valence-corrected chi connectivity index (χ4v) is 8.86. The van der Waals surface area contributed by atoms with Crippen LogP contribution in [0.2, 0.25) is 0 Å². The van der Waals surface area contributed by atoms with Crippen molar-refractivity contribution >= 4 is 35.2 Å². The summed E-state index contributed by atoms with van der Waals surface area (Å²) in [5, 5.41) is 9.97. The maximum Gasteiger partial charge on any atom is 0.251 e. The van der Waals surface area contributed by atoms with Crippen LogP contribution in [0, 0.1) is 25.7 Å². The lowest BCUT2D eigenvalue weighted by Crippen LogP contribution is -2.56. The summed E-state index contributed by atoms with van der Waals surface area (Å²) in [6.07, 6.45) is 8.09. The molecule has 4 aliphatic heterocycles. The fourth-order valence-electron chi connectivity index (χ4n) is 6.86. The number of hydrogen-bond donors (Lipinski definition) is 1. The van der Waals surface area contributed by atoms with Crippen molar-refractivity contribution in [2.24, 2.45) is 11.8 Å². The SMILES string of the molecule is Cc1ccc(C)c(N2CC=C[C@]34S[C@@H]5C=CCN(Cc6ccccc6)C(=O)[C@@H]5[C@H]3C(=O)N([C@H](C)CO)C4C2=O)c1. The van der Waals surface area contributed by atoms with Gasteiger partial charge in [0.05, 0.1) is 29.2 Å². The monoisotopic (exact) mass is 557 g/mol. The normalized spacial score (nSPS) is 30.2. The molecule has 0 aliphatic carbocycles. The van der Waals surface area contributed by atoms with Crippen LogP contribution in [0.25, 0.3) is 0 Å². The van der Waals surface area contributed by atoms with Crippen LogP contribution >= 0.6 is 11.8 Å². The van der Waals surface area contributed by atoms with E-state index < -0.39 is 28.7 Å². The third-order valence-electron chi connectivity index (χ3n) is 8.79. The number of hydrogen-bond acceptors (Lipinski definition) is 5. The van der Waals surface area contributed by atoms with E-state index in [1.807, 2.05) is 85.5 Å². The van der Waals surface area contributed by atoms with Crippen LogP contribution in [0.5, 0.6) is 0 Å². The van der Waals surface area contributed by atoms with Gasteiger partial charge in [0.2, 0.25) is 11.8 Å². The van der Waals surface area contributed by atoms with E-state index in [0.717, 1.165) is 22.4 Å². The lowest BCUT2D eigenvalue weighted by molar-refractivity contribution is -0.144. The molecule has 8 heteroatoms. The van der Waals surface area contributed by atoms with Gasteiger partial charge >= 0.3 is 0 Å². The summed E-state index contributed by atoms with van der Waals surface area (Å²) in [4.78, 5) is 48.3. The zero-order valence-corrected chi connectivity index (χ0v) is 23.9. The van der Waals surface area contributed by atoms with Crippen LogP contribution in [-0.2, 0) is 20.9 Å². The van der Waals surface area contributed by atoms with Crippen molar-refractivity contribution in [3.8, 4) is 0 Å². The van der Waals surface area contributed by atoms with Crippen molar-refractivity contribution in [2.45, 2.75) is 49.4 Å². The maximum atomic E-state index is 14.5. The Hall–Kier alpha value is -3.36. The summed E-state index contributed by atoms with van der Waals surface area (Å²) in [6, 6.07) is 14.5. The van der Waals surface area contributed by atoms with E-state index >= 15 is 0 Å². The Bertz CT molecular complexity index is 1410. The summed E-state index contributed by atoms with van der Waals surface area (Å²) in [6.45, 7) is 6.80. The van der Waals surface area contributed by atoms with Gasteiger partial charge in [-0.3, -0.25) is 14.4 Å². The third-order valence-corrected chi connectivity index (χ3v) is 10.5. The molecule has 0 aromatic heterocycles. The maximum absolute atomic E-state index is 14.5. The zero-order chi connectivity index (χ0) is 28.2. The lowest BCUT2D eigenvalue weighted by Gasteiger charge is -2.37. The Labute approximate surface area is 239 Å². The molecule has 0 saturated carbocycles. The van der Waals surface area contributed by atoms with Crippen LogP contribution in [0.15, 0.2) is 72.8 Å². The number of rotatable bonds is 5. The second kappa shape index (κ2) is 10.2. The Balaban J connectivity index is 1.43. The van der Waals surface area contributed by atoms with Crippen LogP contribution in [-0.4, -0.2) is 74.4 Å². The molecule has 7 nitrogen and oxygen atoms in total. The van der Waals surface area contributed by atoms with Crippen molar-refractivity contribution in [1.82, 2.24) is 9.80 Å². The largest absolute Gasteiger partial charge is 0.394 e. The second-order valence-corrected chi connectivity index (χ2v) is 12.9. The van der Waals surface area contributed by atoms with Crippen molar-refractivity contribution < 1.29 is 19.5 Å². The molecule has 2 aromatic carbocycles. The summed E-state index contributed by atoms with van der Waals surface area (Å²) in [5.41, 5.74) is 3.87. The molecule has 0 radical (unpaired) electrons. The molecule has 4 aliphatic rings. The number of aliphatic hydroxyl groups is 1. The molecule has 2 saturated heterocycles. The predicted molar refractivity (Wildman–Crippen MR) is 157 cm³/mol. The van der Waals surface area contributed by atoms with E-state index in [4.69, 9.17) is 0 Å². The first-order valence-corrected chi connectivity index (χ1v) is 14.8. The summed E-state index contributed by atoms with van der Waals surface area (Å²) in [7, 11) is 0. The molecular formula is C32H35N3O4S. The number of benzene rings is 2. The smallest absolute Gasteiger partial charge is 0.251 e. The Kier molecular flexibility index (Phi) is 6.87. The molecule has 208 valence electrons. The van der Waals surface area contributed by atoms with E-state index in [0.29, 0.717) is 19.6 Å². The molecular weight excluding hydrogens is 522 g/mol. The molecule has 40 heavy (non-hydrogen) atoms. The van der Waals surface area contributed by atoms with Gasteiger partial charge in [0, 0.05) is 30.6 Å². The number of carbonyl (C=O) groups is 3. The zero-order valence-electron chi connectivity index (χ0n) is 23.1. The van der Waals surface area contributed by atoms with Gasteiger partial charge in [-0.15, -0.1) is 11.8 Å². The summed E-state index contributed by atoms with van der Waals surface area (Å²) < 4.78 is -0.908. The highest BCUT2D eigenvalue weighted by atomic mass is 32.2. The van der Waals surface area contributed by atoms with E-state index in [-0.39, 0.29) is 29.6 Å². The first-order chi connectivity index (χ1) is 19.3. The highest BCUT2D eigenvalue weighted by molar-refractivity contribution is 8.02. The number of nitrogens with zero attached hydrogens (tertiary/aromatic N) is 3. The molecule has 1 N–H and O–H groups in total. The number of fused-ring (bicyclic) bond motifs is 2. The number of amides is 3. The van der Waals surface area contributed by atoms with Crippen LogP contribution in [0.1, 0.15) is 23.6 Å². The second-order valence-electron chi connectivity index (χ2n) is 11.4. The molecule has 2 fully saturated rings. The topological polar surface area (TPSA) is 81.2 Å². The van der Waals surface area contributed by atoms with Crippen LogP contribution < -0.4 is 4.90 Å². The Morgan fingerprint density at radius 1 is 1.00 bits per heavy atom. The number of aryl methyl sites for hydroxylation is 2. The van der Waals surface area contributed by atoms with Crippen molar-refractivity contribution in [3.63, 3.8) is 0 Å². The van der Waals surface area contributed by atoms with Gasteiger partial charge in [-0.1, -0.05) is 66.8 Å². The number of likely N-dealkylation sites (tertiary alicyclic amines) is 1. The van der Waals surface area contributed by atoms with Crippen molar-refractivity contribution in [3.05, 3.63) is 89.5 Å². The van der Waals surface area contributed by atoms with Gasteiger partial charge in [-0.2, -0.15) is 0 Å². The summed E-state index contributed by atoms with van der Waals surface area (Å²) in [5.74, 6) is -1.75. The first-order valence-electron chi connectivity index (χ1n) is 13.9. The third kappa shape index (κ3) is 4.11. The van der Waals surface area contributed by atoms with Gasteiger partial charge in [0.25, 0.3) is 5.91 Å². The van der Waals surface area contributed by atoms with Gasteiger partial charge in [0.1, 0.15) is 6.04 Å². The average Bonchev–Trinajstić information content (AvgIpc) is 3.28. The first kappa shape index (κ1) is 26.8. The molecule has 2 aromatic rings. The summed E-state index contributed by atoms with van der Waals surface area (Å²) >= 11 is 1.57. The van der Waals surface area contributed by atoms with Crippen molar-refractivity contribution in [1.29, 1.82) is 0 Å². The highest BCUT2D eigenvalue weighted by Gasteiger charge is 2.71. The number of carbonyl (C=O) groups excluding carboxylic acids is 3. The number of aliphatic hydroxyl groups excluding tert-OH is 1. The van der Waals surface area contributed by atoms with Crippen LogP contribution in [0.4, 0.5) is 5.69 Å². The molecule has 4 heterocycles. The number of anilines is 1. The standard InChI is InChI=1S/C32H35N3O4S/c1-20-12-13-21(2)24(17-20)34-16-8-14-32-27(30(38)35(22(3)19-36)28(32)31(34)39)26-25(40-32)11-7-15-33(29(26)37)18-23-9-5-4-6-10-23/h4-14,17,22,25-28,36H,15-16,18-19H2,1-3H3/t22-,25-,26+,27+,28?,32+/m1/s1. The number of thioether (sulfide) groups is 1. The highest BCUT2D eigenvalue weighted by Crippen LogP contribution is 2.61. The average molecular weight is 558 g/mol. The minimum Gasteiger partial charge on any atom is -0.394 e.